The minimum Gasteiger partial charge on any atom is -0.471 e. The molecule has 17 heavy (non-hydrogen) atoms. The molecule has 0 radical (unpaired) electrons. The normalized spacial score (nSPS) is 8.82. The smallest absolute Gasteiger partial charge is 0.292 e. The molecule has 0 saturated heterocycles. The van der Waals surface area contributed by atoms with Crippen LogP contribution in [0.1, 0.15) is 0 Å². The second-order valence-corrected chi connectivity index (χ2v) is 3.64. The number of ether oxygens (including phenoxy) is 1. The summed E-state index contributed by atoms with van der Waals surface area (Å²) in [6, 6.07) is 18.1. The van der Waals surface area contributed by atoms with Gasteiger partial charge in [-0.1, -0.05) is 54.1 Å². The summed E-state index contributed by atoms with van der Waals surface area (Å²) in [5.74, 6) is 0. The van der Waals surface area contributed by atoms with E-state index in [1.165, 1.54) is 18.2 Å². The summed E-state index contributed by atoms with van der Waals surface area (Å²) < 4.78 is 3.86. The van der Waals surface area contributed by atoms with Gasteiger partial charge in [-0.05, 0) is 23.3 Å². The van der Waals surface area contributed by atoms with Gasteiger partial charge in [0.15, 0.2) is 0 Å². The van der Waals surface area contributed by atoms with Crippen LogP contribution in [0.2, 0.25) is 5.02 Å². The first-order valence-electron chi connectivity index (χ1n) is 5.05. The lowest BCUT2D eigenvalue weighted by Crippen LogP contribution is -1.74. The van der Waals surface area contributed by atoms with E-state index in [1.807, 2.05) is 42.5 Å². The molecule has 88 valence electrons. The number of hydrogen-bond donors (Lipinski definition) is 0. The van der Waals surface area contributed by atoms with E-state index in [2.05, 4.69) is 16.9 Å². The lowest BCUT2D eigenvalue weighted by Gasteiger charge is -2.00. The van der Waals surface area contributed by atoms with Gasteiger partial charge in [0.1, 0.15) is 0 Å². The van der Waals surface area contributed by atoms with Gasteiger partial charge in [-0.3, -0.25) is 4.79 Å². The van der Waals surface area contributed by atoms with Crippen LogP contribution in [-0.2, 0) is 9.53 Å². The van der Waals surface area contributed by atoms with E-state index in [-0.39, 0.29) is 0 Å². The van der Waals surface area contributed by atoms with Gasteiger partial charge >= 0.3 is 0 Å². The Bertz CT molecular complexity index is 438. The van der Waals surface area contributed by atoms with Crippen LogP contribution in [0.4, 0.5) is 0 Å². The van der Waals surface area contributed by atoms with Crippen LogP contribution >= 0.6 is 11.6 Å². The van der Waals surface area contributed by atoms with E-state index < -0.39 is 0 Å². The molecule has 3 heteroatoms. The summed E-state index contributed by atoms with van der Waals surface area (Å²) in [6.07, 6.45) is 0. The molecule has 0 aliphatic carbocycles. The van der Waals surface area contributed by atoms with E-state index in [1.54, 1.807) is 0 Å². The Morgan fingerprint density at radius 3 is 1.88 bits per heavy atom. The van der Waals surface area contributed by atoms with Crippen LogP contribution in [0.5, 0.6) is 0 Å². The molecule has 0 aliphatic heterocycles. The van der Waals surface area contributed by atoms with Gasteiger partial charge in [0.25, 0.3) is 6.47 Å². The third-order valence-corrected chi connectivity index (χ3v) is 2.30. The van der Waals surface area contributed by atoms with Gasteiger partial charge in [0.05, 0.1) is 7.11 Å². The van der Waals surface area contributed by atoms with Gasteiger partial charge in [-0.25, -0.2) is 0 Å². The van der Waals surface area contributed by atoms with Crippen LogP contribution in [0, 0.1) is 0 Å². The number of carbonyl (C=O) groups is 1. The Balaban J connectivity index is 0.000000317. The molecular weight excluding hydrogens is 236 g/mol. The zero-order valence-corrected chi connectivity index (χ0v) is 10.2. The zero-order chi connectivity index (χ0) is 12.5. The lowest BCUT2D eigenvalue weighted by atomic mass is 10.1. The van der Waals surface area contributed by atoms with Crippen LogP contribution < -0.4 is 0 Å². The molecule has 0 heterocycles. The van der Waals surface area contributed by atoms with Crippen molar-refractivity contribution in [1.82, 2.24) is 0 Å². The molecule has 2 nitrogen and oxygen atoms in total. The van der Waals surface area contributed by atoms with Crippen LogP contribution in [0.3, 0.4) is 0 Å². The first kappa shape index (κ1) is 13.3. The molecule has 2 rings (SSSR count). The van der Waals surface area contributed by atoms with Crippen molar-refractivity contribution in [2.75, 3.05) is 7.11 Å². The molecule has 0 aromatic heterocycles. The number of rotatable bonds is 2. The molecule has 0 unspecified atom stereocenters. The topological polar surface area (TPSA) is 26.3 Å². The molecule has 0 bridgehead atoms. The summed E-state index contributed by atoms with van der Waals surface area (Å²) >= 11 is 5.80. The van der Waals surface area contributed by atoms with Crippen molar-refractivity contribution in [3.05, 3.63) is 59.6 Å². The Kier molecular flexibility index (Phi) is 5.83. The predicted molar refractivity (Wildman–Crippen MR) is 70.0 cm³/mol. The van der Waals surface area contributed by atoms with Crippen molar-refractivity contribution in [1.29, 1.82) is 0 Å². The largest absolute Gasteiger partial charge is 0.471 e. The van der Waals surface area contributed by atoms with Gasteiger partial charge < -0.3 is 4.74 Å². The fraction of sp³-hybridized carbons (Fsp3) is 0.0714. The second kappa shape index (κ2) is 7.47. The van der Waals surface area contributed by atoms with Crippen molar-refractivity contribution in [2.24, 2.45) is 0 Å². The van der Waals surface area contributed by atoms with Crippen LogP contribution in [0.15, 0.2) is 54.6 Å². The summed E-state index contributed by atoms with van der Waals surface area (Å²) in [4.78, 5) is 8.95. The fourth-order valence-electron chi connectivity index (χ4n) is 1.27. The predicted octanol–water partition coefficient (Wildman–Crippen LogP) is 3.80. The molecule has 0 aliphatic rings. The molecule has 2 aromatic carbocycles. The highest BCUT2D eigenvalue weighted by Gasteiger charge is 1.94. The molecule has 0 N–H and O–H groups in total. The SMILES string of the molecule is COC=O.Clc1ccc(-c2ccccc2)cc1. The fourth-order valence-corrected chi connectivity index (χ4v) is 1.40. The van der Waals surface area contributed by atoms with Crippen LogP contribution in [-0.4, -0.2) is 13.6 Å². The van der Waals surface area contributed by atoms with Crippen molar-refractivity contribution < 1.29 is 9.53 Å². The molecule has 0 atom stereocenters. The van der Waals surface area contributed by atoms with Gasteiger partial charge in [0, 0.05) is 5.02 Å². The van der Waals surface area contributed by atoms with E-state index in [9.17, 15) is 0 Å². The molecule has 2 aromatic rings. The maximum absolute atomic E-state index is 8.95. The van der Waals surface area contributed by atoms with Crippen molar-refractivity contribution >= 4 is 18.1 Å². The van der Waals surface area contributed by atoms with Crippen molar-refractivity contribution in [2.45, 2.75) is 0 Å². The van der Waals surface area contributed by atoms with E-state index in [0.29, 0.717) is 6.47 Å². The van der Waals surface area contributed by atoms with E-state index in [0.717, 1.165) is 5.02 Å². The highest BCUT2D eigenvalue weighted by Crippen LogP contribution is 2.20. The maximum Gasteiger partial charge on any atom is 0.292 e. The van der Waals surface area contributed by atoms with E-state index >= 15 is 0 Å². The van der Waals surface area contributed by atoms with Crippen molar-refractivity contribution in [3.8, 4) is 11.1 Å². The number of methoxy groups -OCH3 is 1. The summed E-state index contributed by atoms with van der Waals surface area (Å²) in [6.45, 7) is 0.375. The second-order valence-electron chi connectivity index (χ2n) is 3.20. The maximum atomic E-state index is 8.95. The quantitative estimate of drug-likeness (QED) is 0.756. The summed E-state index contributed by atoms with van der Waals surface area (Å²) in [5.41, 5.74) is 2.42. The Hall–Kier alpha value is -1.80. The van der Waals surface area contributed by atoms with Gasteiger partial charge in [0.2, 0.25) is 0 Å². The number of benzene rings is 2. The van der Waals surface area contributed by atoms with Gasteiger partial charge in [-0.15, -0.1) is 0 Å². The first-order valence-corrected chi connectivity index (χ1v) is 5.43. The average Bonchev–Trinajstić information content (AvgIpc) is 2.41. The van der Waals surface area contributed by atoms with Crippen molar-refractivity contribution in [3.63, 3.8) is 0 Å². The Morgan fingerprint density at radius 2 is 1.41 bits per heavy atom. The zero-order valence-electron chi connectivity index (χ0n) is 9.47. The lowest BCUT2D eigenvalue weighted by molar-refractivity contribution is -0.126. The minimum atomic E-state index is 0.375. The minimum absolute atomic E-state index is 0.375. The third-order valence-electron chi connectivity index (χ3n) is 2.05. The monoisotopic (exact) mass is 248 g/mol. The number of halogens is 1. The highest BCUT2D eigenvalue weighted by molar-refractivity contribution is 6.30. The molecule has 0 saturated carbocycles. The van der Waals surface area contributed by atoms with E-state index in [4.69, 9.17) is 16.4 Å². The summed E-state index contributed by atoms with van der Waals surface area (Å²) in [5, 5.41) is 0.777. The number of carbonyl (C=O) groups excluding carboxylic acids is 1. The Labute approximate surface area is 106 Å². The third kappa shape index (κ3) is 4.70. The van der Waals surface area contributed by atoms with Gasteiger partial charge in [-0.2, -0.15) is 0 Å². The molecule has 0 spiro atoms. The average molecular weight is 249 g/mol. The molecular formula is C14H13ClO2. The Morgan fingerprint density at radius 1 is 0.941 bits per heavy atom. The summed E-state index contributed by atoms with van der Waals surface area (Å²) in [7, 11) is 1.31. The standard InChI is InChI=1S/C12H9Cl.C2H4O2/c13-12-8-6-11(7-9-12)10-4-2-1-3-5-10;1-4-2-3/h1-9H;2H,1H3. The van der Waals surface area contributed by atoms with Crippen LogP contribution in [0.25, 0.3) is 11.1 Å². The molecule has 0 amide bonds. The highest BCUT2D eigenvalue weighted by atomic mass is 35.5. The molecule has 0 fully saturated rings. The number of hydrogen-bond acceptors (Lipinski definition) is 2. The first-order chi connectivity index (χ1) is 8.27.